The molecule has 0 spiro atoms. The molecule has 0 aliphatic rings. The summed E-state index contributed by atoms with van der Waals surface area (Å²) in [5, 5.41) is 8.07. The van der Waals surface area contributed by atoms with Crippen LogP contribution in [0.5, 0.6) is 5.75 Å². The predicted octanol–water partition coefficient (Wildman–Crippen LogP) is 2.54. The molecule has 7 heteroatoms. The molecule has 0 unspecified atom stereocenters. The molecule has 0 fully saturated rings. The SMILES string of the molecule is O=C(COc1cccc(F)c1)N/N=C\c1cnn(-c2ccccc2)c1. The zero-order valence-electron chi connectivity index (χ0n) is 13.2. The smallest absolute Gasteiger partial charge is 0.277 e. The first-order valence-corrected chi connectivity index (χ1v) is 7.51. The highest BCUT2D eigenvalue weighted by atomic mass is 19.1. The van der Waals surface area contributed by atoms with Crippen LogP contribution in [-0.2, 0) is 4.79 Å². The molecule has 0 bridgehead atoms. The first-order valence-electron chi connectivity index (χ1n) is 7.51. The van der Waals surface area contributed by atoms with E-state index in [-0.39, 0.29) is 12.4 Å². The topological polar surface area (TPSA) is 68.5 Å². The molecule has 126 valence electrons. The van der Waals surface area contributed by atoms with Crippen LogP contribution in [0, 0.1) is 5.82 Å². The zero-order chi connectivity index (χ0) is 17.5. The summed E-state index contributed by atoms with van der Waals surface area (Å²) >= 11 is 0. The van der Waals surface area contributed by atoms with Crippen LogP contribution >= 0.6 is 0 Å². The van der Waals surface area contributed by atoms with E-state index in [1.54, 1.807) is 23.1 Å². The summed E-state index contributed by atoms with van der Waals surface area (Å²) in [4.78, 5) is 11.7. The van der Waals surface area contributed by atoms with Crippen molar-refractivity contribution < 1.29 is 13.9 Å². The molecular weight excluding hydrogens is 323 g/mol. The Balaban J connectivity index is 1.49. The summed E-state index contributed by atoms with van der Waals surface area (Å²) in [5.74, 6) is -0.592. The highest BCUT2D eigenvalue weighted by molar-refractivity contribution is 5.82. The molecule has 3 rings (SSSR count). The van der Waals surface area contributed by atoms with E-state index < -0.39 is 11.7 Å². The number of nitrogens with one attached hydrogen (secondary N) is 1. The number of para-hydroxylation sites is 1. The number of hydrogen-bond donors (Lipinski definition) is 1. The average molecular weight is 338 g/mol. The van der Waals surface area contributed by atoms with Crippen molar-refractivity contribution in [2.24, 2.45) is 5.10 Å². The molecule has 1 amide bonds. The fourth-order valence-corrected chi connectivity index (χ4v) is 2.04. The van der Waals surface area contributed by atoms with Crippen LogP contribution in [-0.4, -0.2) is 28.5 Å². The van der Waals surface area contributed by atoms with Crippen molar-refractivity contribution in [3.63, 3.8) is 0 Å². The lowest BCUT2D eigenvalue weighted by Crippen LogP contribution is -2.24. The second-order valence-corrected chi connectivity index (χ2v) is 5.09. The van der Waals surface area contributed by atoms with Crippen molar-refractivity contribution in [2.75, 3.05) is 6.61 Å². The van der Waals surface area contributed by atoms with Crippen LogP contribution in [0.4, 0.5) is 4.39 Å². The van der Waals surface area contributed by atoms with Crippen LogP contribution in [0.25, 0.3) is 5.69 Å². The Morgan fingerprint density at radius 2 is 2.08 bits per heavy atom. The monoisotopic (exact) mass is 338 g/mol. The van der Waals surface area contributed by atoms with Crippen LogP contribution < -0.4 is 10.2 Å². The molecule has 1 heterocycles. The lowest BCUT2D eigenvalue weighted by molar-refractivity contribution is -0.123. The van der Waals surface area contributed by atoms with Crippen LogP contribution in [0.2, 0.25) is 0 Å². The maximum Gasteiger partial charge on any atom is 0.277 e. The number of rotatable bonds is 6. The fraction of sp³-hybridized carbons (Fsp3) is 0.0556. The summed E-state index contributed by atoms with van der Waals surface area (Å²) in [7, 11) is 0. The highest BCUT2D eigenvalue weighted by Gasteiger charge is 2.03. The van der Waals surface area contributed by atoms with Gasteiger partial charge >= 0.3 is 0 Å². The number of carbonyl (C=O) groups is 1. The van der Waals surface area contributed by atoms with Gasteiger partial charge in [0.05, 0.1) is 18.1 Å². The molecule has 0 saturated heterocycles. The van der Waals surface area contributed by atoms with Gasteiger partial charge < -0.3 is 4.74 Å². The fourth-order valence-electron chi connectivity index (χ4n) is 2.04. The molecule has 3 aromatic rings. The number of hydrogen-bond acceptors (Lipinski definition) is 4. The number of nitrogens with zero attached hydrogens (tertiary/aromatic N) is 3. The number of ether oxygens (including phenoxy) is 1. The van der Waals surface area contributed by atoms with Gasteiger partial charge in [-0.25, -0.2) is 14.5 Å². The lowest BCUT2D eigenvalue weighted by atomic mass is 10.3. The zero-order valence-corrected chi connectivity index (χ0v) is 13.2. The molecule has 0 aliphatic heterocycles. The lowest BCUT2D eigenvalue weighted by Gasteiger charge is -2.04. The Morgan fingerprint density at radius 3 is 2.88 bits per heavy atom. The third kappa shape index (κ3) is 4.74. The number of benzene rings is 2. The van der Waals surface area contributed by atoms with Gasteiger partial charge in [-0.1, -0.05) is 24.3 Å². The van der Waals surface area contributed by atoms with E-state index in [1.807, 2.05) is 30.3 Å². The van der Waals surface area contributed by atoms with Gasteiger partial charge in [0.1, 0.15) is 11.6 Å². The normalized spacial score (nSPS) is 10.8. The van der Waals surface area contributed by atoms with Crippen LogP contribution in [0.15, 0.2) is 72.1 Å². The second kappa shape index (κ2) is 7.87. The van der Waals surface area contributed by atoms with Crippen molar-refractivity contribution in [2.45, 2.75) is 0 Å². The maximum atomic E-state index is 13.0. The average Bonchev–Trinajstić information content (AvgIpc) is 3.10. The third-order valence-corrected chi connectivity index (χ3v) is 3.19. The first kappa shape index (κ1) is 16.4. The Labute approximate surface area is 143 Å². The van der Waals surface area contributed by atoms with Gasteiger partial charge in [-0.3, -0.25) is 4.79 Å². The largest absolute Gasteiger partial charge is 0.484 e. The van der Waals surface area contributed by atoms with E-state index in [4.69, 9.17) is 4.74 Å². The molecule has 2 aromatic carbocycles. The van der Waals surface area contributed by atoms with E-state index in [1.165, 1.54) is 24.4 Å². The standard InChI is InChI=1S/C18H15FN4O2/c19-15-5-4-8-17(9-15)25-13-18(24)22-20-10-14-11-21-23(12-14)16-6-2-1-3-7-16/h1-12H,13H2,(H,22,24)/b20-10-. The third-order valence-electron chi connectivity index (χ3n) is 3.19. The summed E-state index contributed by atoms with van der Waals surface area (Å²) in [6, 6.07) is 15.2. The van der Waals surface area contributed by atoms with Crippen LogP contribution in [0.3, 0.4) is 0 Å². The highest BCUT2D eigenvalue weighted by Crippen LogP contribution is 2.11. The van der Waals surface area contributed by atoms with Gasteiger partial charge in [-0.2, -0.15) is 10.2 Å². The summed E-state index contributed by atoms with van der Waals surface area (Å²) < 4.78 is 19.9. The maximum absolute atomic E-state index is 13.0. The Hall–Kier alpha value is -3.48. The summed E-state index contributed by atoms with van der Waals surface area (Å²) in [5.41, 5.74) is 4.00. The molecule has 0 saturated carbocycles. The number of halogens is 1. The van der Waals surface area contributed by atoms with Crippen molar-refractivity contribution in [1.82, 2.24) is 15.2 Å². The van der Waals surface area contributed by atoms with Gasteiger partial charge in [-0.05, 0) is 24.3 Å². The second-order valence-electron chi connectivity index (χ2n) is 5.09. The van der Waals surface area contributed by atoms with Gasteiger partial charge in [-0.15, -0.1) is 0 Å². The van der Waals surface area contributed by atoms with Crippen molar-refractivity contribution >= 4 is 12.1 Å². The minimum atomic E-state index is -0.448. The molecule has 6 nitrogen and oxygen atoms in total. The van der Waals surface area contributed by atoms with E-state index >= 15 is 0 Å². The van der Waals surface area contributed by atoms with Gasteiger partial charge in [0.15, 0.2) is 6.61 Å². The Morgan fingerprint density at radius 1 is 1.24 bits per heavy atom. The number of carbonyl (C=O) groups excluding carboxylic acids is 1. The number of amides is 1. The van der Waals surface area contributed by atoms with Gasteiger partial charge in [0.25, 0.3) is 5.91 Å². The van der Waals surface area contributed by atoms with Gasteiger partial charge in [0.2, 0.25) is 0 Å². The molecule has 1 N–H and O–H groups in total. The molecular formula is C18H15FN4O2. The number of aromatic nitrogens is 2. The van der Waals surface area contributed by atoms with Crippen LogP contribution in [0.1, 0.15) is 5.56 Å². The molecule has 0 atom stereocenters. The minimum absolute atomic E-state index is 0.260. The van der Waals surface area contributed by atoms with E-state index in [9.17, 15) is 9.18 Å². The van der Waals surface area contributed by atoms with E-state index in [2.05, 4.69) is 15.6 Å². The Bertz CT molecular complexity index is 878. The van der Waals surface area contributed by atoms with E-state index in [0.717, 1.165) is 11.3 Å². The van der Waals surface area contributed by atoms with Crippen molar-refractivity contribution in [3.05, 3.63) is 78.4 Å². The molecule has 0 aliphatic carbocycles. The first-order chi connectivity index (χ1) is 12.2. The van der Waals surface area contributed by atoms with Crippen molar-refractivity contribution in [1.29, 1.82) is 0 Å². The summed E-state index contributed by atoms with van der Waals surface area (Å²) in [6.45, 7) is -0.260. The quantitative estimate of drug-likeness (QED) is 0.555. The van der Waals surface area contributed by atoms with Crippen molar-refractivity contribution in [3.8, 4) is 11.4 Å². The molecule has 25 heavy (non-hydrogen) atoms. The predicted molar refractivity (Wildman–Crippen MR) is 91.2 cm³/mol. The summed E-state index contributed by atoms with van der Waals surface area (Å²) in [6.07, 6.45) is 4.90. The molecule has 0 radical (unpaired) electrons. The van der Waals surface area contributed by atoms with Gasteiger partial charge in [0, 0.05) is 17.8 Å². The molecule has 1 aromatic heterocycles. The minimum Gasteiger partial charge on any atom is -0.484 e. The van der Waals surface area contributed by atoms with E-state index in [0.29, 0.717) is 0 Å². The number of hydrazone groups is 1. The Kier molecular flexibility index (Phi) is 5.16.